The van der Waals surface area contributed by atoms with Gasteiger partial charge in [-0.25, -0.2) is 9.78 Å². The lowest BCUT2D eigenvalue weighted by molar-refractivity contribution is 1.03. The molecule has 0 saturated carbocycles. The predicted molar refractivity (Wildman–Crippen MR) is 113 cm³/mol. The first-order valence-corrected chi connectivity index (χ1v) is 9.10. The highest BCUT2D eigenvalue weighted by Crippen LogP contribution is 2.38. The van der Waals surface area contributed by atoms with E-state index in [1.807, 2.05) is 12.1 Å². The number of pyridine rings is 2. The van der Waals surface area contributed by atoms with Gasteiger partial charge in [0.2, 0.25) is 0 Å². The molecule has 0 bridgehead atoms. The molecule has 0 unspecified atom stereocenters. The lowest BCUT2D eigenvalue weighted by atomic mass is 9.96. The maximum atomic E-state index is 13.3. The van der Waals surface area contributed by atoms with Crippen LogP contribution in [0.25, 0.3) is 53.3 Å². The normalized spacial score (nSPS) is 11.2. The van der Waals surface area contributed by atoms with Crippen LogP contribution in [0.3, 0.4) is 0 Å². The van der Waals surface area contributed by atoms with Crippen LogP contribution in [0.4, 0.5) is 11.6 Å². The quantitative estimate of drug-likeness (QED) is 0.303. The summed E-state index contributed by atoms with van der Waals surface area (Å²) in [5.41, 5.74) is -0.170. The highest BCUT2D eigenvalue weighted by atomic mass is 16.1. The summed E-state index contributed by atoms with van der Waals surface area (Å²) < 4.78 is 2.48. The molecule has 10 nitrogen and oxygen atoms in total. The van der Waals surface area contributed by atoms with Gasteiger partial charge in [-0.3, -0.25) is 9.81 Å². The van der Waals surface area contributed by atoms with Crippen LogP contribution in [0.15, 0.2) is 29.1 Å². The Balaban J connectivity index is 2.00. The van der Waals surface area contributed by atoms with Gasteiger partial charge in [0.15, 0.2) is 11.4 Å². The predicted octanol–water partition coefficient (Wildman–Crippen LogP) is 3.00. The minimum absolute atomic E-state index is 0.0263. The summed E-state index contributed by atoms with van der Waals surface area (Å²) in [5.74, 6) is -0.291. The molecule has 6 rings (SSSR count). The summed E-state index contributed by atoms with van der Waals surface area (Å²) in [7, 11) is 0. The van der Waals surface area contributed by atoms with Crippen molar-refractivity contribution in [2.45, 2.75) is 0 Å². The molecule has 10 heteroatoms. The van der Waals surface area contributed by atoms with Crippen LogP contribution in [0.5, 0.6) is 0 Å². The number of nitrogens with zero attached hydrogens (tertiary/aromatic N) is 8. The van der Waals surface area contributed by atoms with E-state index in [0.29, 0.717) is 32.3 Å². The molecule has 2 aromatic carbocycles. The maximum absolute atomic E-state index is 13.3. The molecule has 0 atom stereocenters. The standard InChI is InChI=1S/C22H5N9O/c1-26-18-21(27-2)31-20(29-18)11-4-3-9-15-10(5-6-12(16(11)15)22(31)32)19-28-13(7-23)14(8-24)30(19)17(9)25/h3-6,25H. The van der Waals surface area contributed by atoms with Crippen molar-refractivity contribution in [1.29, 1.82) is 15.9 Å². The third kappa shape index (κ3) is 1.71. The second kappa shape index (κ2) is 5.52. The van der Waals surface area contributed by atoms with Crippen molar-refractivity contribution in [1.82, 2.24) is 18.8 Å². The lowest BCUT2D eigenvalue weighted by Gasteiger charge is -2.11. The van der Waals surface area contributed by atoms with Gasteiger partial charge in [-0.15, -0.1) is 0 Å². The minimum Gasteiger partial charge on any atom is -0.372 e. The molecule has 4 heterocycles. The summed E-state index contributed by atoms with van der Waals surface area (Å²) in [4.78, 5) is 28.5. The first-order chi connectivity index (χ1) is 15.5. The molecule has 144 valence electrons. The fourth-order valence-corrected chi connectivity index (χ4v) is 4.43. The molecule has 0 amide bonds. The van der Waals surface area contributed by atoms with Crippen LogP contribution >= 0.6 is 0 Å². The third-order valence-electron chi connectivity index (χ3n) is 5.69. The Morgan fingerprint density at radius 3 is 2.12 bits per heavy atom. The van der Waals surface area contributed by atoms with E-state index in [0.717, 1.165) is 4.40 Å². The summed E-state index contributed by atoms with van der Waals surface area (Å²) >= 11 is 0. The molecular formula is C22H5N9O. The van der Waals surface area contributed by atoms with E-state index < -0.39 is 5.56 Å². The van der Waals surface area contributed by atoms with Crippen molar-refractivity contribution in [3.8, 4) is 12.1 Å². The van der Waals surface area contributed by atoms with Gasteiger partial charge in [0.1, 0.15) is 23.3 Å². The maximum Gasteiger partial charge on any atom is 0.333 e. The Hall–Kier alpha value is -5.58. The number of rotatable bonds is 0. The zero-order valence-corrected chi connectivity index (χ0v) is 15.8. The van der Waals surface area contributed by atoms with Gasteiger partial charge < -0.3 is 9.69 Å². The number of benzene rings is 2. The van der Waals surface area contributed by atoms with Gasteiger partial charge in [-0.05, 0) is 24.3 Å². The topological polar surface area (TPSA) is 132 Å². The van der Waals surface area contributed by atoms with Crippen molar-refractivity contribution in [3.05, 3.63) is 74.3 Å². The molecule has 4 aromatic heterocycles. The zero-order valence-electron chi connectivity index (χ0n) is 15.8. The number of fused-ring (bicyclic) bond motifs is 4. The summed E-state index contributed by atoms with van der Waals surface area (Å²) in [6, 6.07) is 10.5. The number of hydrogen-bond donors (Lipinski definition) is 1. The summed E-state index contributed by atoms with van der Waals surface area (Å²) in [5, 5.41) is 30.7. The molecule has 0 aliphatic carbocycles. The van der Waals surface area contributed by atoms with E-state index in [1.54, 1.807) is 24.3 Å². The molecule has 6 aromatic rings. The first-order valence-electron chi connectivity index (χ1n) is 9.10. The molecule has 0 fully saturated rings. The fraction of sp³-hybridized carbons (Fsp3) is 0. The average Bonchev–Trinajstić information content (AvgIpc) is 3.39. The van der Waals surface area contributed by atoms with Gasteiger partial charge in [0.05, 0.1) is 10.8 Å². The highest BCUT2D eigenvalue weighted by molar-refractivity contribution is 6.27. The lowest BCUT2D eigenvalue weighted by Crippen LogP contribution is -2.17. The van der Waals surface area contributed by atoms with Gasteiger partial charge in [0, 0.05) is 21.5 Å². The van der Waals surface area contributed by atoms with Crippen molar-refractivity contribution >= 4 is 55.2 Å². The molecule has 0 aliphatic heterocycles. The molecule has 0 aliphatic rings. The van der Waals surface area contributed by atoms with E-state index in [-0.39, 0.29) is 39.8 Å². The Kier molecular flexibility index (Phi) is 2.98. The number of hydrogen-bond acceptors (Lipinski definition) is 6. The smallest absolute Gasteiger partial charge is 0.333 e. The monoisotopic (exact) mass is 411 g/mol. The SMILES string of the molecule is [C-]#[N+]c1nc2c3ccc4c(=N)n5c(C#N)c(C#N)nc5c5ccc(c(=O)n2c1[N+]#[C-])c3c45. The Morgan fingerprint density at radius 2 is 1.50 bits per heavy atom. The number of nitrogens with one attached hydrogen (secondary N) is 1. The highest BCUT2D eigenvalue weighted by Gasteiger charge is 2.27. The number of nitriles is 2. The molecule has 1 N–H and O–H groups in total. The number of imidazole rings is 2. The van der Waals surface area contributed by atoms with Crippen LogP contribution in [-0.4, -0.2) is 18.8 Å². The summed E-state index contributed by atoms with van der Waals surface area (Å²) in [6.07, 6.45) is 0. The van der Waals surface area contributed by atoms with Crippen molar-refractivity contribution in [3.63, 3.8) is 0 Å². The Bertz CT molecular complexity index is 1970. The molecule has 0 radical (unpaired) electrons. The van der Waals surface area contributed by atoms with E-state index in [4.69, 9.17) is 18.6 Å². The van der Waals surface area contributed by atoms with Crippen molar-refractivity contribution < 1.29 is 0 Å². The summed E-state index contributed by atoms with van der Waals surface area (Å²) in [6.45, 7) is 14.7. The van der Waals surface area contributed by atoms with Crippen LogP contribution in [0.1, 0.15) is 11.4 Å². The second-order valence-electron chi connectivity index (χ2n) is 7.06. The minimum atomic E-state index is -0.486. The van der Waals surface area contributed by atoms with E-state index in [1.165, 1.54) is 4.40 Å². The van der Waals surface area contributed by atoms with Crippen LogP contribution in [-0.2, 0) is 0 Å². The third-order valence-corrected chi connectivity index (χ3v) is 5.69. The van der Waals surface area contributed by atoms with Gasteiger partial charge in [0.25, 0.3) is 11.6 Å². The molecular weight excluding hydrogens is 406 g/mol. The van der Waals surface area contributed by atoms with Gasteiger partial charge in [-0.2, -0.15) is 14.9 Å². The fourth-order valence-electron chi connectivity index (χ4n) is 4.43. The molecule has 0 saturated heterocycles. The zero-order chi connectivity index (χ0) is 22.3. The van der Waals surface area contributed by atoms with Gasteiger partial charge >= 0.3 is 11.2 Å². The second-order valence-corrected chi connectivity index (χ2v) is 7.06. The van der Waals surface area contributed by atoms with Crippen molar-refractivity contribution in [2.75, 3.05) is 0 Å². The molecule has 0 spiro atoms. The molecule has 32 heavy (non-hydrogen) atoms. The largest absolute Gasteiger partial charge is 0.372 e. The van der Waals surface area contributed by atoms with Crippen molar-refractivity contribution in [2.24, 2.45) is 0 Å². The number of aromatic nitrogens is 4. The first kappa shape index (κ1) is 17.3. The van der Waals surface area contributed by atoms with Crippen LogP contribution in [0, 0.1) is 41.2 Å². The van der Waals surface area contributed by atoms with E-state index in [9.17, 15) is 15.3 Å². The van der Waals surface area contributed by atoms with E-state index in [2.05, 4.69) is 19.7 Å². The van der Waals surface area contributed by atoms with Crippen LogP contribution < -0.4 is 11.0 Å². The average molecular weight is 411 g/mol. The van der Waals surface area contributed by atoms with Crippen LogP contribution in [0.2, 0.25) is 0 Å². The Morgan fingerprint density at radius 1 is 0.875 bits per heavy atom. The van der Waals surface area contributed by atoms with E-state index >= 15 is 0 Å². The van der Waals surface area contributed by atoms with Gasteiger partial charge in [-0.1, -0.05) is 18.1 Å². The Labute approximate surface area is 176 Å².